The Bertz CT molecular complexity index is 1200. The summed E-state index contributed by atoms with van der Waals surface area (Å²) in [7, 11) is 0. The van der Waals surface area contributed by atoms with Gasteiger partial charge in [-0.3, -0.25) is 4.40 Å². The fraction of sp³-hybridized carbons (Fsp3) is 0.100. The lowest BCUT2D eigenvalue weighted by Crippen LogP contribution is -2.16. The molecule has 4 rings (SSSR count). The Hall–Kier alpha value is -3.34. The molecule has 1 aromatic carbocycles. The second-order valence-corrected chi connectivity index (χ2v) is 6.99. The van der Waals surface area contributed by atoms with Gasteiger partial charge in [0.15, 0.2) is 0 Å². The molecular weight excluding hydrogens is 409 g/mol. The summed E-state index contributed by atoms with van der Waals surface area (Å²) in [4.78, 5) is 13.3. The molecule has 0 unspecified atom stereocenters. The first-order valence-electron chi connectivity index (χ1n) is 8.77. The zero-order valence-corrected chi connectivity index (χ0v) is 16.6. The minimum Gasteiger partial charge on any atom is -0.368 e. The quantitative estimate of drug-likeness (QED) is 0.443. The fourth-order valence-corrected chi connectivity index (χ4v) is 3.32. The molecule has 0 aliphatic heterocycles. The largest absolute Gasteiger partial charge is 0.368 e. The van der Waals surface area contributed by atoms with Crippen molar-refractivity contribution in [2.75, 3.05) is 23.7 Å². The zero-order chi connectivity index (χ0) is 20.2. The van der Waals surface area contributed by atoms with Gasteiger partial charge in [-0.2, -0.15) is 5.26 Å². The smallest absolute Gasteiger partial charge is 0.209 e. The molecule has 0 saturated carbocycles. The van der Waals surface area contributed by atoms with Gasteiger partial charge in [-0.1, -0.05) is 23.2 Å². The van der Waals surface area contributed by atoms with E-state index in [1.54, 1.807) is 30.5 Å². The molecule has 0 bridgehead atoms. The van der Waals surface area contributed by atoms with Crippen molar-refractivity contribution in [1.82, 2.24) is 19.4 Å². The highest BCUT2D eigenvalue weighted by Gasteiger charge is 2.11. The number of imidazole rings is 1. The Morgan fingerprint density at radius 2 is 1.90 bits per heavy atom. The van der Waals surface area contributed by atoms with Gasteiger partial charge in [-0.25, -0.2) is 15.0 Å². The Morgan fingerprint density at radius 3 is 2.66 bits per heavy atom. The second-order valence-electron chi connectivity index (χ2n) is 6.14. The van der Waals surface area contributed by atoms with Gasteiger partial charge < -0.3 is 10.6 Å². The molecular formula is C20H15Cl2N7. The van der Waals surface area contributed by atoms with E-state index >= 15 is 0 Å². The maximum absolute atomic E-state index is 8.82. The van der Waals surface area contributed by atoms with E-state index in [9.17, 15) is 0 Å². The van der Waals surface area contributed by atoms with E-state index in [0.29, 0.717) is 46.2 Å². The molecule has 0 atom stereocenters. The molecule has 29 heavy (non-hydrogen) atoms. The number of aromatic nitrogens is 4. The Morgan fingerprint density at radius 1 is 1.03 bits per heavy atom. The highest BCUT2D eigenvalue weighted by atomic mass is 35.5. The number of anilines is 2. The fourth-order valence-electron chi connectivity index (χ4n) is 2.81. The Kier molecular flexibility index (Phi) is 5.47. The molecule has 0 saturated heterocycles. The summed E-state index contributed by atoms with van der Waals surface area (Å²) >= 11 is 12.4. The van der Waals surface area contributed by atoms with Crippen LogP contribution in [0.1, 0.15) is 5.56 Å². The maximum atomic E-state index is 8.82. The Balaban J connectivity index is 1.50. The highest BCUT2D eigenvalue weighted by molar-refractivity contribution is 6.36. The highest BCUT2D eigenvalue weighted by Crippen LogP contribution is 2.30. The lowest BCUT2D eigenvalue weighted by atomic mass is 10.1. The summed E-state index contributed by atoms with van der Waals surface area (Å²) in [6, 6.07) is 12.7. The molecule has 144 valence electrons. The van der Waals surface area contributed by atoms with Crippen molar-refractivity contribution in [3.63, 3.8) is 0 Å². The molecule has 9 heteroatoms. The molecule has 3 heterocycles. The van der Waals surface area contributed by atoms with Gasteiger partial charge in [0.1, 0.15) is 17.5 Å². The van der Waals surface area contributed by atoms with E-state index in [0.717, 1.165) is 11.2 Å². The van der Waals surface area contributed by atoms with E-state index in [-0.39, 0.29) is 0 Å². The van der Waals surface area contributed by atoms with E-state index in [4.69, 9.17) is 33.4 Å². The van der Waals surface area contributed by atoms with Crippen molar-refractivity contribution in [2.24, 2.45) is 0 Å². The average Bonchev–Trinajstić information content (AvgIpc) is 3.20. The monoisotopic (exact) mass is 423 g/mol. The van der Waals surface area contributed by atoms with Crippen molar-refractivity contribution >= 4 is 40.6 Å². The molecule has 0 radical (unpaired) electrons. The van der Waals surface area contributed by atoms with Crippen LogP contribution in [-0.4, -0.2) is 32.4 Å². The van der Waals surface area contributed by atoms with Crippen LogP contribution in [0, 0.1) is 11.3 Å². The number of nitrogens with one attached hydrogen (secondary N) is 2. The van der Waals surface area contributed by atoms with E-state index < -0.39 is 0 Å². The lowest BCUT2D eigenvalue weighted by Gasteiger charge is -2.12. The molecule has 2 N–H and O–H groups in total. The molecule has 0 aliphatic carbocycles. The van der Waals surface area contributed by atoms with Gasteiger partial charge in [0.05, 0.1) is 16.3 Å². The number of nitriles is 1. The van der Waals surface area contributed by atoms with Gasteiger partial charge in [0.25, 0.3) is 0 Å². The van der Waals surface area contributed by atoms with Gasteiger partial charge >= 0.3 is 0 Å². The van der Waals surface area contributed by atoms with Crippen LogP contribution in [0.15, 0.2) is 55.0 Å². The van der Waals surface area contributed by atoms with Crippen molar-refractivity contribution in [3.8, 4) is 17.3 Å². The molecule has 0 aliphatic rings. The van der Waals surface area contributed by atoms with Crippen molar-refractivity contribution in [2.45, 2.75) is 0 Å². The third-order valence-corrected chi connectivity index (χ3v) is 4.75. The minimum atomic E-state index is 0.526. The summed E-state index contributed by atoms with van der Waals surface area (Å²) in [5, 5.41) is 16.4. The number of pyridine rings is 1. The third-order valence-electron chi connectivity index (χ3n) is 4.20. The zero-order valence-electron chi connectivity index (χ0n) is 15.1. The SMILES string of the molecule is N#Cc1ccc(NCCNc2nc(-c3ccc(Cl)cc3Cl)cc3nccn23)nc1. The maximum Gasteiger partial charge on any atom is 0.209 e. The van der Waals surface area contributed by atoms with Crippen LogP contribution in [0.3, 0.4) is 0 Å². The molecule has 3 aromatic heterocycles. The lowest BCUT2D eigenvalue weighted by molar-refractivity contribution is 0.995. The van der Waals surface area contributed by atoms with Crippen molar-refractivity contribution in [3.05, 3.63) is 70.6 Å². The van der Waals surface area contributed by atoms with Crippen LogP contribution in [-0.2, 0) is 0 Å². The van der Waals surface area contributed by atoms with Crippen LogP contribution < -0.4 is 10.6 Å². The second kappa shape index (κ2) is 8.35. The Labute approximate surface area is 177 Å². The van der Waals surface area contributed by atoms with Crippen molar-refractivity contribution < 1.29 is 0 Å². The first-order chi connectivity index (χ1) is 14.1. The number of halogens is 2. The number of nitrogens with zero attached hydrogens (tertiary/aromatic N) is 5. The van der Waals surface area contributed by atoms with E-state index in [1.165, 1.54) is 6.20 Å². The summed E-state index contributed by atoms with van der Waals surface area (Å²) in [5.41, 5.74) is 2.77. The topological polar surface area (TPSA) is 90.9 Å². The first-order valence-corrected chi connectivity index (χ1v) is 9.53. The number of fused-ring (bicyclic) bond motifs is 1. The van der Waals surface area contributed by atoms with Gasteiger partial charge in [0.2, 0.25) is 5.95 Å². The van der Waals surface area contributed by atoms with E-state index in [1.807, 2.05) is 28.8 Å². The molecule has 0 fully saturated rings. The summed E-state index contributed by atoms with van der Waals surface area (Å²) in [6.45, 7) is 1.21. The first kappa shape index (κ1) is 19.0. The number of hydrogen-bond acceptors (Lipinski definition) is 6. The molecule has 0 amide bonds. The molecule has 7 nitrogen and oxygen atoms in total. The minimum absolute atomic E-state index is 0.526. The summed E-state index contributed by atoms with van der Waals surface area (Å²) < 4.78 is 1.87. The van der Waals surface area contributed by atoms with Crippen LogP contribution in [0.4, 0.5) is 11.8 Å². The molecule has 4 aromatic rings. The predicted octanol–water partition coefficient (Wildman–Crippen LogP) is 4.49. The standard InChI is InChI=1S/C20H15Cl2N7/c21-14-2-3-15(16(22)9-14)17-10-19-25-7-8-29(19)20(28-17)26-6-5-24-18-4-1-13(11-23)12-27-18/h1-4,7-10,12H,5-6H2,(H,24,27)(H,26,28). The number of hydrogen-bond donors (Lipinski definition) is 2. The molecule has 0 spiro atoms. The normalized spacial score (nSPS) is 10.7. The average molecular weight is 424 g/mol. The van der Waals surface area contributed by atoms with Crippen LogP contribution >= 0.6 is 23.2 Å². The van der Waals surface area contributed by atoms with Gasteiger partial charge in [-0.15, -0.1) is 0 Å². The number of rotatable bonds is 6. The van der Waals surface area contributed by atoms with Crippen LogP contribution in [0.2, 0.25) is 10.0 Å². The third kappa shape index (κ3) is 4.24. The van der Waals surface area contributed by atoms with Crippen LogP contribution in [0.5, 0.6) is 0 Å². The van der Waals surface area contributed by atoms with Gasteiger partial charge in [0, 0.05) is 48.3 Å². The van der Waals surface area contributed by atoms with Gasteiger partial charge in [-0.05, 0) is 30.3 Å². The predicted molar refractivity (Wildman–Crippen MR) is 114 cm³/mol. The summed E-state index contributed by atoms with van der Waals surface area (Å²) in [6.07, 6.45) is 5.09. The van der Waals surface area contributed by atoms with Crippen molar-refractivity contribution in [1.29, 1.82) is 5.26 Å². The van der Waals surface area contributed by atoms with E-state index in [2.05, 4.69) is 20.6 Å². The summed E-state index contributed by atoms with van der Waals surface area (Å²) in [5.74, 6) is 1.35. The number of benzene rings is 1. The van der Waals surface area contributed by atoms with Crippen LogP contribution in [0.25, 0.3) is 16.9 Å².